The van der Waals surface area contributed by atoms with Crippen LogP contribution in [0.1, 0.15) is 31.1 Å². The molecule has 2 aliphatic rings. The summed E-state index contributed by atoms with van der Waals surface area (Å²) in [5.41, 5.74) is 0.722. The van der Waals surface area contributed by atoms with Gasteiger partial charge in [-0.2, -0.15) is 0 Å². The number of hydrogen-bond acceptors (Lipinski definition) is 6. The molecule has 6 heteroatoms. The summed E-state index contributed by atoms with van der Waals surface area (Å²) in [5.74, 6) is -1.47. The van der Waals surface area contributed by atoms with Crippen LogP contribution in [0.5, 0.6) is 5.75 Å². The summed E-state index contributed by atoms with van der Waals surface area (Å²) in [6.45, 7) is -0.175. The quantitative estimate of drug-likeness (QED) is 0.535. The lowest BCUT2D eigenvalue weighted by atomic mass is 9.97. The fourth-order valence-corrected chi connectivity index (χ4v) is 2.49. The third-order valence-corrected chi connectivity index (χ3v) is 3.37. The van der Waals surface area contributed by atoms with Crippen LogP contribution in [0.4, 0.5) is 0 Å². The van der Waals surface area contributed by atoms with Crippen molar-refractivity contribution in [3.8, 4) is 5.75 Å². The zero-order valence-corrected chi connectivity index (χ0v) is 9.97. The molecule has 0 fully saturated rings. The van der Waals surface area contributed by atoms with Crippen LogP contribution in [0.15, 0.2) is 24.3 Å². The van der Waals surface area contributed by atoms with Crippen molar-refractivity contribution in [1.82, 2.24) is 0 Å². The molecule has 0 atom stereocenters. The van der Waals surface area contributed by atoms with Gasteiger partial charge in [0.05, 0.1) is 11.1 Å². The molecule has 2 aliphatic heterocycles. The van der Waals surface area contributed by atoms with Crippen molar-refractivity contribution in [3.05, 3.63) is 41.0 Å². The van der Waals surface area contributed by atoms with Crippen LogP contribution in [-0.2, 0) is 9.47 Å². The normalized spacial score (nSPS) is 16.3. The summed E-state index contributed by atoms with van der Waals surface area (Å²) in [5, 5.41) is 1.09. The van der Waals surface area contributed by atoms with Gasteiger partial charge in [-0.25, -0.2) is 14.4 Å². The third-order valence-electron chi connectivity index (χ3n) is 3.37. The first-order valence-electron chi connectivity index (χ1n) is 5.83. The maximum atomic E-state index is 11.7. The predicted octanol–water partition coefficient (Wildman–Crippen LogP) is 1.66. The van der Waals surface area contributed by atoms with Crippen molar-refractivity contribution in [2.45, 2.75) is 0 Å². The van der Waals surface area contributed by atoms with Crippen molar-refractivity contribution in [2.75, 3.05) is 6.79 Å². The molecular weight excluding hydrogens is 264 g/mol. The Morgan fingerprint density at radius 2 is 1.50 bits per heavy atom. The highest BCUT2D eigenvalue weighted by atomic mass is 16.7. The second kappa shape index (κ2) is 3.57. The van der Waals surface area contributed by atoms with Gasteiger partial charge in [-0.05, 0) is 18.2 Å². The number of ether oxygens (including phenoxy) is 3. The fraction of sp³-hybridized carbons (Fsp3) is 0.0714. The molecule has 98 valence electrons. The topological polar surface area (TPSA) is 78.9 Å². The Bertz CT molecular complexity index is 820. The lowest BCUT2D eigenvalue weighted by molar-refractivity contribution is 0.00553. The van der Waals surface area contributed by atoms with E-state index in [9.17, 15) is 14.4 Å². The average molecular weight is 270 g/mol. The largest absolute Gasteiger partial charge is 0.456 e. The van der Waals surface area contributed by atoms with Crippen molar-refractivity contribution >= 4 is 28.7 Å². The molecule has 0 saturated heterocycles. The summed E-state index contributed by atoms with van der Waals surface area (Å²) >= 11 is 0. The Labute approximate surface area is 111 Å². The molecule has 0 amide bonds. The number of fused-ring (bicyclic) bond motifs is 5. The van der Waals surface area contributed by atoms with E-state index in [-0.39, 0.29) is 17.9 Å². The zero-order chi connectivity index (χ0) is 13.9. The molecule has 2 aromatic rings. The van der Waals surface area contributed by atoms with Gasteiger partial charge in [0.2, 0.25) is 6.79 Å². The van der Waals surface area contributed by atoms with Crippen LogP contribution in [0.25, 0.3) is 10.8 Å². The van der Waals surface area contributed by atoms with Crippen LogP contribution in [0.2, 0.25) is 0 Å². The summed E-state index contributed by atoms with van der Waals surface area (Å²) in [6, 6.07) is 6.22. The third kappa shape index (κ3) is 1.25. The lowest BCUT2D eigenvalue weighted by Crippen LogP contribution is -2.18. The molecule has 4 rings (SSSR count). The number of carbonyl (C=O) groups excluding carboxylic acids is 3. The number of esters is 3. The Kier molecular flexibility index (Phi) is 1.96. The highest BCUT2D eigenvalue weighted by Gasteiger charge is 2.33. The van der Waals surface area contributed by atoms with Crippen LogP contribution in [0, 0.1) is 0 Å². The van der Waals surface area contributed by atoms with Gasteiger partial charge in [0.15, 0.2) is 0 Å². The molecule has 0 N–H and O–H groups in total. The minimum atomic E-state index is -0.686. The minimum absolute atomic E-state index is 0.175. The molecule has 20 heavy (non-hydrogen) atoms. The van der Waals surface area contributed by atoms with E-state index in [0.717, 1.165) is 0 Å². The zero-order valence-electron chi connectivity index (χ0n) is 9.97. The Morgan fingerprint density at radius 1 is 0.750 bits per heavy atom. The van der Waals surface area contributed by atoms with Crippen molar-refractivity contribution in [3.63, 3.8) is 0 Å². The van der Waals surface area contributed by atoms with Crippen molar-refractivity contribution < 1.29 is 28.6 Å². The molecule has 0 aliphatic carbocycles. The summed E-state index contributed by atoms with van der Waals surface area (Å²) in [7, 11) is 0. The Balaban J connectivity index is 2.11. The van der Waals surface area contributed by atoms with Gasteiger partial charge < -0.3 is 14.2 Å². The number of rotatable bonds is 0. The summed E-state index contributed by atoms with van der Waals surface area (Å²) in [4.78, 5) is 34.9. The van der Waals surface area contributed by atoms with E-state index in [1.165, 1.54) is 12.1 Å². The van der Waals surface area contributed by atoms with E-state index >= 15 is 0 Å². The molecule has 2 aromatic carbocycles. The van der Waals surface area contributed by atoms with Gasteiger partial charge in [-0.1, -0.05) is 6.07 Å². The first-order chi connectivity index (χ1) is 9.66. The Hall–Kier alpha value is -2.89. The average Bonchev–Trinajstić information content (AvgIpc) is 2.74. The lowest BCUT2D eigenvalue weighted by Gasteiger charge is -2.18. The van der Waals surface area contributed by atoms with E-state index in [0.29, 0.717) is 22.1 Å². The first-order valence-corrected chi connectivity index (χ1v) is 5.83. The molecule has 0 radical (unpaired) electrons. The van der Waals surface area contributed by atoms with E-state index in [2.05, 4.69) is 4.74 Å². The molecule has 0 bridgehead atoms. The van der Waals surface area contributed by atoms with Gasteiger partial charge >= 0.3 is 17.9 Å². The second-order valence-corrected chi connectivity index (χ2v) is 4.40. The van der Waals surface area contributed by atoms with E-state index in [4.69, 9.17) is 9.47 Å². The van der Waals surface area contributed by atoms with Gasteiger partial charge in [0.1, 0.15) is 11.3 Å². The maximum absolute atomic E-state index is 11.7. The number of benzene rings is 2. The molecular formula is C14H6O6. The SMILES string of the molecule is O=C1OCOc2c1ccc1c3c(ccc21)C(=O)OC3=O. The van der Waals surface area contributed by atoms with Gasteiger partial charge in [0, 0.05) is 10.8 Å². The van der Waals surface area contributed by atoms with Crippen LogP contribution in [0.3, 0.4) is 0 Å². The van der Waals surface area contributed by atoms with Crippen molar-refractivity contribution in [2.24, 2.45) is 0 Å². The molecule has 6 nitrogen and oxygen atoms in total. The van der Waals surface area contributed by atoms with Crippen LogP contribution < -0.4 is 4.74 Å². The number of hydrogen-bond donors (Lipinski definition) is 0. The monoisotopic (exact) mass is 270 g/mol. The molecule has 0 unspecified atom stereocenters. The smallest absolute Gasteiger partial charge is 0.347 e. The van der Waals surface area contributed by atoms with Gasteiger partial charge in [-0.3, -0.25) is 0 Å². The van der Waals surface area contributed by atoms with E-state index in [1.54, 1.807) is 12.1 Å². The molecule has 0 aromatic heterocycles. The number of cyclic esters (lactones) is 3. The second-order valence-electron chi connectivity index (χ2n) is 4.40. The maximum Gasteiger partial charge on any atom is 0.347 e. The van der Waals surface area contributed by atoms with Gasteiger partial charge in [0.25, 0.3) is 0 Å². The highest BCUT2D eigenvalue weighted by Crippen LogP contribution is 2.37. The first kappa shape index (κ1) is 11.0. The minimum Gasteiger partial charge on any atom is -0.456 e. The van der Waals surface area contributed by atoms with Gasteiger partial charge in [-0.15, -0.1) is 0 Å². The highest BCUT2D eigenvalue weighted by molar-refractivity contribution is 6.22. The fourth-order valence-electron chi connectivity index (χ4n) is 2.49. The standard InChI is InChI=1S/C14H6O6/c15-12-9-4-1-6-7(11(9)18-5-19-12)2-3-8-10(6)14(17)20-13(8)16/h1-4H,5H2. The predicted molar refractivity (Wildman–Crippen MR) is 64.6 cm³/mol. The summed E-state index contributed by atoms with van der Waals surface area (Å²) < 4.78 is 14.7. The van der Waals surface area contributed by atoms with E-state index in [1.807, 2.05) is 0 Å². The summed E-state index contributed by atoms with van der Waals surface area (Å²) in [6.07, 6.45) is 0. The molecule has 0 saturated carbocycles. The van der Waals surface area contributed by atoms with Crippen molar-refractivity contribution in [1.29, 1.82) is 0 Å². The van der Waals surface area contributed by atoms with Crippen LogP contribution >= 0.6 is 0 Å². The Morgan fingerprint density at radius 3 is 2.35 bits per heavy atom. The van der Waals surface area contributed by atoms with E-state index < -0.39 is 17.9 Å². The number of carbonyl (C=O) groups is 3. The molecule has 0 spiro atoms. The van der Waals surface area contributed by atoms with Crippen LogP contribution in [-0.4, -0.2) is 24.7 Å². The molecule has 2 heterocycles.